The molecular formula is C31H40ClN7O6. The van der Waals surface area contributed by atoms with Gasteiger partial charge in [-0.1, -0.05) is 18.0 Å². The third kappa shape index (κ3) is 7.24. The fourth-order valence-electron chi connectivity index (χ4n) is 5.68. The van der Waals surface area contributed by atoms with Crippen LogP contribution in [0.5, 0.6) is 0 Å². The molecule has 2 amide bonds. The zero-order chi connectivity index (χ0) is 32.7. The second kappa shape index (κ2) is 12.0. The molecule has 3 N–H and O–H groups in total. The zero-order valence-electron chi connectivity index (χ0n) is 26.4. The lowest BCUT2D eigenvalue weighted by Gasteiger charge is -2.33. The summed E-state index contributed by atoms with van der Waals surface area (Å²) < 4.78 is 12.6. The van der Waals surface area contributed by atoms with E-state index in [-0.39, 0.29) is 18.8 Å². The first kappa shape index (κ1) is 32.3. The molecule has 3 aromatic rings. The van der Waals surface area contributed by atoms with Crippen LogP contribution < -0.4 is 15.5 Å². The van der Waals surface area contributed by atoms with Crippen molar-refractivity contribution >= 4 is 52.4 Å². The minimum Gasteiger partial charge on any atom is -0.479 e. The maximum absolute atomic E-state index is 12.7. The molecule has 2 fully saturated rings. The van der Waals surface area contributed by atoms with E-state index in [4.69, 9.17) is 21.1 Å². The van der Waals surface area contributed by atoms with Gasteiger partial charge in [0.1, 0.15) is 17.5 Å². The predicted molar refractivity (Wildman–Crippen MR) is 169 cm³/mol. The van der Waals surface area contributed by atoms with Gasteiger partial charge in [0.2, 0.25) is 0 Å². The second-order valence-corrected chi connectivity index (χ2v) is 14.1. The summed E-state index contributed by atoms with van der Waals surface area (Å²) in [5.74, 6) is -0.610. The first-order valence-corrected chi connectivity index (χ1v) is 15.4. The van der Waals surface area contributed by atoms with E-state index >= 15 is 0 Å². The van der Waals surface area contributed by atoms with Crippen molar-refractivity contribution in [3.05, 3.63) is 40.9 Å². The highest BCUT2D eigenvalue weighted by molar-refractivity contribution is 6.31. The molecule has 0 bridgehead atoms. The number of aliphatic carboxylic acids is 1. The number of carbonyl (C=O) groups excluding carboxylic acids is 2. The highest BCUT2D eigenvalue weighted by atomic mass is 35.5. The number of hydrogen-bond acceptors (Lipinski definition) is 9. The average Bonchev–Trinajstić information content (AvgIpc) is 3.48. The number of amides is 2. The number of rotatable bonds is 7. The molecule has 1 saturated heterocycles. The lowest BCUT2D eigenvalue weighted by atomic mass is 9.77. The monoisotopic (exact) mass is 641 g/mol. The van der Waals surface area contributed by atoms with Crippen LogP contribution in [0.1, 0.15) is 84.3 Å². The highest BCUT2D eigenvalue weighted by Crippen LogP contribution is 2.44. The molecule has 1 aliphatic heterocycles. The summed E-state index contributed by atoms with van der Waals surface area (Å²) in [6, 6.07) is 3.82. The number of carboxylic acids is 1. The van der Waals surface area contributed by atoms with E-state index in [1.54, 1.807) is 47.9 Å². The number of nitrogens with zero attached hydrogens (tertiary/aromatic N) is 5. The van der Waals surface area contributed by atoms with Crippen molar-refractivity contribution in [2.24, 2.45) is 0 Å². The lowest BCUT2D eigenvalue weighted by molar-refractivity contribution is -0.143. The van der Waals surface area contributed by atoms with Gasteiger partial charge < -0.3 is 29.4 Å². The first-order chi connectivity index (χ1) is 21.0. The molecule has 1 atom stereocenters. The van der Waals surface area contributed by atoms with Gasteiger partial charge in [0.05, 0.1) is 19.4 Å². The van der Waals surface area contributed by atoms with Gasteiger partial charge in [0.15, 0.2) is 22.5 Å². The third-order valence-electron chi connectivity index (χ3n) is 7.88. The molecule has 242 valence electrons. The quantitative estimate of drug-likeness (QED) is 0.292. The number of nitrogens with one attached hydrogen (secondary N) is 2. The van der Waals surface area contributed by atoms with E-state index in [0.29, 0.717) is 35.2 Å². The maximum atomic E-state index is 12.7. The van der Waals surface area contributed by atoms with Gasteiger partial charge in [-0.3, -0.25) is 5.32 Å². The summed E-state index contributed by atoms with van der Waals surface area (Å²) in [5.41, 5.74) is 0.716. The normalized spacial score (nSPS) is 18.9. The van der Waals surface area contributed by atoms with Gasteiger partial charge in [0.25, 0.3) is 0 Å². The number of aromatic nitrogens is 4. The zero-order valence-corrected chi connectivity index (χ0v) is 27.2. The molecule has 2 aromatic heterocycles. The molecule has 5 rings (SSSR count). The van der Waals surface area contributed by atoms with Crippen molar-refractivity contribution < 1.29 is 29.0 Å². The Bertz CT molecular complexity index is 1620. The van der Waals surface area contributed by atoms with E-state index in [0.717, 1.165) is 36.1 Å². The van der Waals surface area contributed by atoms with Crippen molar-refractivity contribution in [1.82, 2.24) is 24.8 Å². The number of carbonyl (C=O) groups is 3. The summed E-state index contributed by atoms with van der Waals surface area (Å²) in [5, 5.41) is 16.1. The van der Waals surface area contributed by atoms with Crippen molar-refractivity contribution in [1.29, 1.82) is 0 Å². The number of fused-ring (bicyclic) bond motifs is 1. The smallest absolute Gasteiger partial charge is 0.413 e. The predicted octanol–water partition coefficient (Wildman–Crippen LogP) is 5.70. The lowest BCUT2D eigenvalue weighted by Crippen LogP contribution is -2.57. The van der Waals surface area contributed by atoms with Crippen molar-refractivity contribution in [2.75, 3.05) is 23.3 Å². The van der Waals surface area contributed by atoms with Gasteiger partial charge in [-0.15, -0.1) is 0 Å². The van der Waals surface area contributed by atoms with E-state index < -0.39 is 34.9 Å². The van der Waals surface area contributed by atoms with Crippen molar-refractivity contribution in [3.8, 4) is 0 Å². The summed E-state index contributed by atoms with van der Waals surface area (Å²) in [4.78, 5) is 52.9. The molecule has 1 aliphatic carbocycles. The number of benzene rings is 1. The molecule has 13 nitrogen and oxygen atoms in total. The van der Waals surface area contributed by atoms with Crippen LogP contribution in [-0.2, 0) is 20.8 Å². The molecule has 14 heteroatoms. The largest absolute Gasteiger partial charge is 0.479 e. The molecule has 1 unspecified atom stereocenters. The minimum absolute atomic E-state index is 0.0236. The number of alkyl carbamates (subject to hydrolysis) is 1. The topological polar surface area (TPSA) is 161 Å². The summed E-state index contributed by atoms with van der Waals surface area (Å²) >= 11 is 6.68. The second-order valence-electron chi connectivity index (χ2n) is 13.7. The molecular weight excluding hydrogens is 602 g/mol. The van der Waals surface area contributed by atoms with Crippen LogP contribution in [0.25, 0.3) is 11.2 Å². The van der Waals surface area contributed by atoms with Gasteiger partial charge >= 0.3 is 18.2 Å². The molecule has 0 radical (unpaired) electrons. The average molecular weight is 642 g/mol. The number of hydrogen-bond donors (Lipinski definition) is 3. The fraction of sp³-hybridized carbons (Fsp3) is 0.548. The van der Waals surface area contributed by atoms with Crippen LogP contribution in [-0.4, -0.2) is 72.6 Å². The molecule has 0 spiro atoms. The molecule has 3 heterocycles. The Hall–Kier alpha value is -4.13. The summed E-state index contributed by atoms with van der Waals surface area (Å²) in [6.45, 7) is 11.2. The highest BCUT2D eigenvalue weighted by Gasteiger charge is 2.48. The van der Waals surface area contributed by atoms with E-state index in [1.807, 2.05) is 21.6 Å². The molecule has 45 heavy (non-hydrogen) atoms. The Morgan fingerprint density at radius 1 is 1.04 bits per heavy atom. The molecule has 1 aromatic carbocycles. The minimum atomic E-state index is -1.55. The standard InChI is InChI=1S/C31H40ClN7O6/c1-29(2,3)44-27(42)36-24-23-25(34-16-33-24)39(17-35-23)14-21-20(18-8-7-9-18)12-19(32)13-22(21)38-11-10-31(15-38,26(40)41)37-28(43)45-30(4,5)6/h12-13,16-18H,7-11,14-15H2,1-6H3,(H,37,43)(H,40,41)(H,33,34,36,42). The van der Waals surface area contributed by atoms with E-state index in [9.17, 15) is 19.5 Å². The SMILES string of the molecule is CC(C)(C)OC(=O)Nc1ncnc2c1ncn2Cc1c(C2CCC2)cc(Cl)cc1N1CCC(NC(=O)OC(C)(C)C)(C(=O)O)C1. The number of ether oxygens (including phenoxy) is 2. The number of carboxylic acid groups (broad SMARTS) is 1. The molecule has 1 saturated carbocycles. The van der Waals surface area contributed by atoms with Gasteiger partial charge in [-0.2, -0.15) is 0 Å². The summed E-state index contributed by atoms with van der Waals surface area (Å²) in [6.07, 6.45) is 4.87. The third-order valence-corrected chi connectivity index (χ3v) is 8.10. The number of anilines is 2. The fourth-order valence-corrected chi connectivity index (χ4v) is 5.90. The van der Waals surface area contributed by atoms with Crippen LogP contribution in [0.3, 0.4) is 0 Å². The Balaban J connectivity index is 1.49. The van der Waals surface area contributed by atoms with Gasteiger partial charge in [0, 0.05) is 23.7 Å². The molecule has 2 aliphatic rings. The van der Waals surface area contributed by atoms with E-state index in [1.165, 1.54) is 6.33 Å². The van der Waals surface area contributed by atoms with Gasteiger partial charge in [-0.05, 0) is 83.6 Å². The summed E-state index contributed by atoms with van der Waals surface area (Å²) in [7, 11) is 0. The van der Waals surface area contributed by atoms with Crippen LogP contribution in [0.4, 0.5) is 21.1 Å². The van der Waals surface area contributed by atoms with Crippen LogP contribution >= 0.6 is 11.6 Å². The van der Waals surface area contributed by atoms with E-state index in [2.05, 4.69) is 25.6 Å². The Labute approximate surface area is 266 Å². The van der Waals surface area contributed by atoms with Crippen molar-refractivity contribution in [2.45, 2.75) is 96.4 Å². The maximum Gasteiger partial charge on any atom is 0.413 e. The Morgan fingerprint density at radius 2 is 1.73 bits per heavy atom. The number of halogens is 1. The van der Waals surface area contributed by atoms with Crippen LogP contribution in [0, 0.1) is 0 Å². The van der Waals surface area contributed by atoms with Crippen LogP contribution in [0.15, 0.2) is 24.8 Å². The number of imidazole rings is 1. The Kier molecular flexibility index (Phi) is 8.60. The van der Waals surface area contributed by atoms with Gasteiger partial charge in [-0.25, -0.2) is 29.3 Å². The first-order valence-electron chi connectivity index (χ1n) is 15.0. The van der Waals surface area contributed by atoms with Crippen molar-refractivity contribution in [3.63, 3.8) is 0 Å². The van der Waals surface area contributed by atoms with Crippen LogP contribution in [0.2, 0.25) is 5.02 Å². The Morgan fingerprint density at radius 3 is 2.36 bits per heavy atom.